The molecule has 1 saturated carbocycles. The van der Waals surface area contributed by atoms with Gasteiger partial charge in [0.15, 0.2) is 0 Å². The van der Waals surface area contributed by atoms with E-state index in [2.05, 4.69) is 46.9 Å². The zero-order valence-corrected chi connectivity index (χ0v) is 10.1. The molecule has 1 aliphatic rings. The number of rotatable bonds is 3. The van der Waals surface area contributed by atoms with Crippen LogP contribution >= 0.6 is 0 Å². The van der Waals surface area contributed by atoms with E-state index >= 15 is 0 Å². The largest absolute Gasteiger partial charge is 0.312 e. The molecule has 0 radical (unpaired) electrons. The van der Waals surface area contributed by atoms with Crippen LogP contribution < -0.4 is 5.32 Å². The van der Waals surface area contributed by atoms with Crippen LogP contribution in [-0.2, 0) is 0 Å². The lowest BCUT2D eigenvalue weighted by atomic mass is 9.92. The minimum atomic E-state index is 0.278. The Morgan fingerprint density at radius 3 is 2.23 bits per heavy atom. The molecule has 0 aromatic heterocycles. The highest BCUT2D eigenvalue weighted by Gasteiger charge is 2.51. The van der Waals surface area contributed by atoms with Crippen molar-refractivity contribution in [3.63, 3.8) is 0 Å². The Bertz CT molecular complexity index is 178. The first-order chi connectivity index (χ1) is 5.76. The van der Waals surface area contributed by atoms with Crippen LogP contribution in [0.25, 0.3) is 0 Å². The van der Waals surface area contributed by atoms with Crippen LogP contribution in [0.2, 0.25) is 0 Å². The van der Waals surface area contributed by atoms with Crippen molar-refractivity contribution in [3.05, 3.63) is 0 Å². The van der Waals surface area contributed by atoms with E-state index in [-0.39, 0.29) is 5.54 Å². The Morgan fingerprint density at radius 1 is 1.38 bits per heavy atom. The van der Waals surface area contributed by atoms with E-state index in [9.17, 15) is 0 Å². The van der Waals surface area contributed by atoms with E-state index in [0.717, 1.165) is 11.8 Å². The second-order valence-electron chi connectivity index (χ2n) is 6.19. The van der Waals surface area contributed by atoms with Crippen LogP contribution in [0.4, 0.5) is 0 Å². The lowest BCUT2D eigenvalue weighted by Gasteiger charge is -2.22. The molecule has 1 rings (SSSR count). The molecule has 2 atom stereocenters. The Kier molecular flexibility index (Phi) is 2.78. The van der Waals surface area contributed by atoms with Crippen molar-refractivity contribution < 1.29 is 0 Å². The summed E-state index contributed by atoms with van der Waals surface area (Å²) in [6, 6.07) is 0. The van der Waals surface area contributed by atoms with E-state index in [4.69, 9.17) is 0 Å². The molecular weight excluding hydrogens is 158 g/mol. The molecule has 1 fully saturated rings. The van der Waals surface area contributed by atoms with E-state index in [1.54, 1.807) is 0 Å². The summed E-state index contributed by atoms with van der Waals surface area (Å²) in [7, 11) is 0. The lowest BCUT2D eigenvalue weighted by molar-refractivity contribution is 0.330. The van der Waals surface area contributed by atoms with Crippen molar-refractivity contribution in [1.29, 1.82) is 0 Å². The Labute approximate surface area is 83.3 Å². The molecule has 0 saturated heterocycles. The standard InChI is InChI=1S/C12H25N/c1-9(2)12(6)7-10(12)8-13-11(3,4)5/h9-10,13H,7-8H2,1-6H3. The maximum atomic E-state index is 3.59. The summed E-state index contributed by atoms with van der Waals surface area (Å²) in [5.41, 5.74) is 0.902. The van der Waals surface area contributed by atoms with Crippen LogP contribution in [0.5, 0.6) is 0 Å². The molecule has 2 unspecified atom stereocenters. The van der Waals surface area contributed by atoms with Crippen molar-refractivity contribution >= 4 is 0 Å². The summed E-state index contributed by atoms with van der Waals surface area (Å²) in [6.07, 6.45) is 1.41. The Morgan fingerprint density at radius 2 is 1.92 bits per heavy atom. The van der Waals surface area contributed by atoms with Gasteiger partial charge in [0.05, 0.1) is 0 Å². The number of hydrogen-bond donors (Lipinski definition) is 1. The number of hydrogen-bond acceptors (Lipinski definition) is 1. The van der Waals surface area contributed by atoms with Crippen LogP contribution in [0, 0.1) is 17.3 Å². The van der Waals surface area contributed by atoms with Crippen molar-refractivity contribution in [2.75, 3.05) is 6.54 Å². The van der Waals surface area contributed by atoms with Gasteiger partial charge < -0.3 is 5.32 Å². The molecule has 0 heterocycles. The van der Waals surface area contributed by atoms with E-state index in [1.807, 2.05) is 0 Å². The monoisotopic (exact) mass is 183 g/mol. The predicted molar refractivity (Wildman–Crippen MR) is 58.8 cm³/mol. The fraction of sp³-hybridized carbons (Fsp3) is 1.00. The molecule has 0 bridgehead atoms. The van der Waals surface area contributed by atoms with Crippen LogP contribution in [0.3, 0.4) is 0 Å². The highest BCUT2D eigenvalue weighted by molar-refractivity contribution is 5.02. The predicted octanol–water partition coefficient (Wildman–Crippen LogP) is 3.06. The topological polar surface area (TPSA) is 12.0 Å². The normalized spacial score (nSPS) is 33.9. The van der Waals surface area contributed by atoms with Gasteiger partial charge in [-0.2, -0.15) is 0 Å². The fourth-order valence-corrected chi connectivity index (χ4v) is 1.91. The summed E-state index contributed by atoms with van der Waals surface area (Å²) in [4.78, 5) is 0. The molecule has 1 N–H and O–H groups in total. The molecule has 1 heteroatoms. The zero-order valence-electron chi connectivity index (χ0n) is 10.1. The second kappa shape index (κ2) is 3.27. The highest BCUT2D eigenvalue weighted by Crippen LogP contribution is 2.57. The molecule has 1 aliphatic carbocycles. The molecule has 13 heavy (non-hydrogen) atoms. The van der Waals surface area contributed by atoms with Crippen molar-refractivity contribution in [3.8, 4) is 0 Å². The maximum Gasteiger partial charge on any atom is 0.00966 e. The summed E-state index contributed by atoms with van der Waals surface area (Å²) in [5, 5.41) is 3.59. The first-order valence-electron chi connectivity index (χ1n) is 5.51. The smallest absolute Gasteiger partial charge is 0.00966 e. The average molecular weight is 183 g/mol. The van der Waals surface area contributed by atoms with E-state index < -0.39 is 0 Å². The number of nitrogens with one attached hydrogen (secondary N) is 1. The van der Waals surface area contributed by atoms with E-state index in [0.29, 0.717) is 5.41 Å². The van der Waals surface area contributed by atoms with E-state index in [1.165, 1.54) is 13.0 Å². The van der Waals surface area contributed by atoms with Gasteiger partial charge >= 0.3 is 0 Å². The van der Waals surface area contributed by atoms with Crippen LogP contribution in [-0.4, -0.2) is 12.1 Å². The highest BCUT2D eigenvalue weighted by atomic mass is 15.0. The maximum absolute atomic E-state index is 3.59. The quantitative estimate of drug-likeness (QED) is 0.709. The van der Waals surface area contributed by atoms with Gasteiger partial charge in [-0.05, 0) is 51.0 Å². The first-order valence-corrected chi connectivity index (χ1v) is 5.51. The second-order valence-corrected chi connectivity index (χ2v) is 6.19. The van der Waals surface area contributed by atoms with Gasteiger partial charge in [-0.1, -0.05) is 20.8 Å². The molecular formula is C12H25N. The van der Waals surface area contributed by atoms with Crippen molar-refractivity contribution in [2.45, 2.75) is 53.5 Å². The lowest BCUT2D eigenvalue weighted by Crippen LogP contribution is -2.37. The van der Waals surface area contributed by atoms with Gasteiger partial charge in [0.25, 0.3) is 0 Å². The molecule has 78 valence electrons. The summed E-state index contributed by atoms with van der Waals surface area (Å²) in [6.45, 7) is 15.0. The summed E-state index contributed by atoms with van der Waals surface area (Å²) < 4.78 is 0. The third kappa shape index (κ3) is 2.70. The minimum Gasteiger partial charge on any atom is -0.312 e. The third-order valence-electron chi connectivity index (χ3n) is 3.66. The molecule has 0 spiro atoms. The van der Waals surface area contributed by atoms with Gasteiger partial charge in [-0.25, -0.2) is 0 Å². The van der Waals surface area contributed by atoms with Gasteiger partial charge in [0.1, 0.15) is 0 Å². The SMILES string of the molecule is CC(C)C1(C)CC1CNC(C)(C)C. The molecule has 0 amide bonds. The van der Waals surface area contributed by atoms with Crippen LogP contribution in [0.1, 0.15) is 48.0 Å². The zero-order chi connectivity index (χ0) is 10.3. The van der Waals surface area contributed by atoms with Gasteiger partial charge in [-0.3, -0.25) is 0 Å². The third-order valence-corrected chi connectivity index (χ3v) is 3.66. The van der Waals surface area contributed by atoms with Gasteiger partial charge in [0, 0.05) is 5.54 Å². The van der Waals surface area contributed by atoms with Crippen LogP contribution in [0.15, 0.2) is 0 Å². The fourth-order valence-electron chi connectivity index (χ4n) is 1.91. The molecule has 0 aromatic rings. The summed E-state index contributed by atoms with van der Waals surface area (Å²) in [5.74, 6) is 1.74. The first kappa shape index (κ1) is 11.0. The van der Waals surface area contributed by atoms with Crippen molar-refractivity contribution in [1.82, 2.24) is 5.32 Å². The molecule has 0 aliphatic heterocycles. The average Bonchev–Trinajstić information content (AvgIpc) is 2.58. The Hall–Kier alpha value is -0.0400. The Balaban J connectivity index is 2.29. The van der Waals surface area contributed by atoms with Gasteiger partial charge in [0.2, 0.25) is 0 Å². The minimum absolute atomic E-state index is 0.278. The van der Waals surface area contributed by atoms with Gasteiger partial charge in [-0.15, -0.1) is 0 Å². The molecule has 0 aromatic carbocycles. The van der Waals surface area contributed by atoms with Crippen molar-refractivity contribution in [2.24, 2.45) is 17.3 Å². The molecule has 1 nitrogen and oxygen atoms in total. The summed E-state index contributed by atoms with van der Waals surface area (Å²) >= 11 is 0.